The molecule has 9 heteroatoms. The molecule has 0 saturated carbocycles. The van der Waals surface area contributed by atoms with Crippen LogP contribution in [0, 0.1) is 0 Å². The standard InChI is InChI=1S/C25H30N2O7/c1-31-14-24(30)27-16-5-8-21-19(9-16)20-10-18(33-22(13-28)25(20)34-21)11-23(29)26-12-15-3-6-17(32-2)7-4-15/h3-9,18,20,22,25,28H,10-14H2,1-2H3,(H,26,29)(H,27,30)/t18-,20-,22-,25+/m1/s1. The minimum Gasteiger partial charge on any atom is -0.497 e. The molecule has 0 aliphatic carbocycles. The van der Waals surface area contributed by atoms with Crippen LogP contribution in [0.25, 0.3) is 0 Å². The largest absolute Gasteiger partial charge is 0.497 e. The molecule has 2 amide bonds. The molecule has 0 bridgehead atoms. The predicted molar refractivity (Wildman–Crippen MR) is 124 cm³/mol. The van der Waals surface area contributed by atoms with Gasteiger partial charge in [-0.2, -0.15) is 0 Å². The minimum absolute atomic E-state index is 0.0340. The van der Waals surface area contributed by atoms with Crippen LogP contribution in [0.4, 0.5) is 5.69 Å². The molecule has 9 nitrogen and oxygen atoms in total. The van der Waals surface area contributed by atoms with Crippen LogP contribution < -0.4 is 20.1 Å². The van der Waals surface area contributed by atoms with Gasteiger partial charge in [-0.15, -0.1) is 0 Å². The molecule has 0 unspecified atom stereocenters. The number of carbonyl (C=O) groups excluding carboxylic acids is 2. The molecule has 2 aliphatic heterocycles. The van der Waals surface area contributed by atoms with Crippen molar-refractivity contribution in [2.45, 2.75) is 43.6 Å². The predicted octanol–water partition coefficient (Wildman–Crippen LogP) is 1.98. The second-order valence-corrected chi connectivity index (χ2v) is 8.47. The van der Waals surface area contributed by atoms with Crippen molar-refractivity contribution < 1.29 is 33.6 Å². The summed E-state index contributed by atoms with van der Waals surface area (Å²) in [6.07, 6.45) is -0.508. The molecular formula is C25H30N2O7. The van der Waals surface area contributed by atoms with E-state index in [1.807, 2.05) is 30.3 Å². The zero-order valence-corrected chi connectivity index (χ0v) is 19.3. The van der Waals surface area contributed by atoms with Crippen molar-refractivity contribution in [2.75, 3.05) is 32.8 Å². The van der Waals surface area contributed by atoms with Crippen molar-refractivity contribution in [1.82, 2.24) is 5.32 Å². The van der Waals surface area contributed by atoms with Crippen molar-refractivity contribution >= 4 is 17.5 Å². The first-order valence-corrected chi connectivity index (χ1v) is 11.3. The number of aliphatic hydroxyl groups is 1. The van der Waals surface area contributed by atoms with E-state index in [1.54, 1.807) is 19.2 Å². The highest BCUT2D eigenvalue weighted by molar-refractivity contribution is 5.92. The van der Waals surface area contributed by atoms with E-state index in [0.717, 1.165) is 16.9 Å². The molecule has 4 rings (SSSR count). The summed E-state index contributed by atoms with van der Waals surface area (Å²) in [6, 6.07) is 13.0. The van der Waals surface area contributed by atoms with Gasteiger partial charge in [0.05, 0.1) is 26.2 Å². The first-order valence-electron chi connectivity index (χ1n) is 11.3. The Bertz CT molecular complexity index is 1010. The number of nitrogens with one attached hydrogen (secondary N) is 2. The Morgan fingerprint density at radius 2 is 1.91 bits per heavy atom. The first kappa shape index (κ1) is 24.0. The zero-order chi connectivity index (χ0) is 24.1. The van der Waals surface area contributed by atoms with Gasteiger partial charge in [-0.05, 0) is 42.3 Å². The fraction of sp³-hybridized carbons (Fsp3) is 0.440. The fourth-order valence-electron chi connectivity index (χ4n) is 4.52. The SMILES string of the molecule is COCC(=O)Nc1ccc2c(c1)[C@H]1C[C@H](CC(=O)NCc3ccc(OC)cc3)O[C@H](CO)[C@H]1O2. The lowest BCUT2D eigenvalue weighted by atomic mass is 9.84. The number of benzene rings is 2. The highest BCUT2D eigenvalue weighted by atomic mass is 16.6. The third-order valence-electron chi connectivity index (χ3n) is 6.12. The van der Waals surface area contributed by atoms with E-state index in [2.05, 4.69) is 10.6 Å². The van der Waals surface area contributed by atoms with Crippen molar-refractivity contribution in [1.29, 1.82) is 0 Å². The summed E-state index contributed by atoms with van der Waals surface area (Å²) in [7, 11) is 3.07. The van der Waals surface area contributed by atoms with Gasteiger partial charge in [0.1, 0.15) is 30.3 Å². The molecule has 182 valence electrons. The van der Waals surface area contributed by atoms with Crippen LogP contribution in [0.15, 0.2) is 42.5 Å². The number of hydrogen-bond donors (Lipinski definition) is 3. The maximum absolute atomic E-state index is 12.6. The number of carbonyl (C=O) groups is 2. The Hall–Kier alpha value is -3.14. The maximum Gasteiger partial charge on any atom is 0.250 e. The molecule has 4 atom stereocenters. The van der Waals surface area contributed by atoms with Crippen molar-refractivity contribution in [3.05, 3.63) is 53.6 Å². The topological polar surface area (TPSA) is 115 Å². The third kappa shape index (κ3) is 5.49. The van der Waals surface area contributed by atoms with Gasteiger partial charge in [0.15, 0.2) is 0 Å². The number of rotatable bonds is 9. The molecule has 3 N–H and O–H groups in total. The molecule has 0 radical (unpaired) electrons. The number of amides is 2. The fourth-order valence-corrected chi connectivity index (χ4v) is 4.52. The molecule has 2 aliphatic rings. The Kier molecular flexibility index (Phi) is 7.66. The highest BCUT2D eigenvalue weighted by Gasteiger charge is 2.46. The zero-order valence-electron chi connectivity index (χ0n) is 19.3. The number of anilines is 1. The minimum atomic E-state index is -0.544. The van der Waals surface area contributed by atoms with Crippen LogP contribution in [-0.2, 0) is 25.6 Å². The van der Waals surface area contributed by atoms with E-state index < -0.39 is 6.10 Å². The van der Waals surface area contributed by atoms with E-state index in [9.17, 15) is 14.7 Å². The summed E-state index contributed by atoms with van der Waals surface area (Å²) in [6.45, 7) is 0.159. The lowest BCUT2D eigenvalue weighted by Gasteiger charge is -2.37. The molecule has 1 saturated heterocycles. The van der Waals surface area contributed by atoms with Gasteiger partial charge in [0.25, 0.3) is 0 Å². The Morgan fingerprint density at radius 1 is 1.12 bits per heavy atom. The highest BCUT2D eigenvalue weighted by Crippen LogP contribution is 2.47. The van der Waals surface area contributed by atoms with E-state index in [1.165, 1.54) is 7.11 Å². The average molecular weight is 471 g/mol. The van der Waals surface area contributed by atoms with Gasteiger partial charge in [-0.3, -0.25) is 9.59 Å². The summed E-state index contributed by atoms with van der Waals surface area (Å²) in [5, 5.41) is 15.6. The summed E-state index contributed by atoms with van der Waals surface area (Å²) in [4.78, 5) is 24.5. The Balaban J connectivity index is 1.39. The molecule has 0 aromatic heterocycles. The maximum atomic E-state index is 12.6. The van der Waals surface area contributed by atoms with Crippen LogP contribution in [0.3, 0.4) is 0 Å². The molecule has 1 fully saturated rings. The summed E-state index contributed by atoms with van der Waals surface area (Å²) >= 11 is 0. The third-order valence-corrected chi connectivity index (χ3v) is 6.12. The van der Waals surface area contributed by atoms with Gasteiger partial charge in [-0.1, -0.05) is 12.1 Å². The number of ether oxygens (including phenoxy) is 4. The summed E-state index contributed by atoms with van der Waals surface area (Å²) in [5.74, 6) is 1.03. The van der Waals surface area contributed by atoms with Crippen LogP contribution >= 0.6 is 0 Å². The van der Waals surface area contributed by atoms with Gasteiger partial charge in [0.2, 0.25) is 11.8 Å². The van der Waals surface area contributed by atoms with Crippen LogP contribution in [0.1, 0.15) is 29.9 Å². The summed E-state index contributed by atoms with van der Waals surface area (Å²) < 4.78 is 22.1. The van der Waals surface area contributed by atoms with Gasteiger partial charge < -0.3 is 34.7 Å². The Morgan fingerprint density at radius 3 is 2.62 bits per heavy atom. The van der Waals surface area contributed by atoms with E-state index in [0.29, 0.717) is 24.4 Å². The van der Waals surface area contributed by atoms with Crippen molar-refractivity contribution in [3.63, 3.8) is 0 Å². The molecule has 2 aromatic rings. The van der Waals surface area contributed by atoms with Gasteiger partial charge in [-0.25, -0.2) is 0 Å². The monoisotopic (exact) mass is 470 g/mol. The molecule has 0 spiro atoms. The number of hydrogen-bond acceptors (Lipinski definition) is 7. The van der Waals surface area contributed by atoms with Crippen molar-refractivity contribution in [3.8, 4) is 11.5 Å². The van der Waals surface area contributed by atoms with Crippen LogP contribution in [-0.4, -0.2) is 62.7 Å². The first-order chi connectivity index (χ1) is 16.5. The van der Waals surface area contributed by atoms with E-state index in [4.69, 9.17) is 18.9 Å². The average Bonchev–Trinajstić information content (AvgIpc) is 3.20. The second kappa shape index (κ2) is 10.9. The lowest BCUT2D eigenvalue weighted by Crippen LogP contribution is -2.47. The smallest absolute Gasteiger partial charge is 0.250 e. The molecule has 2 heterocycles. The lowest BCUT2D eigenvalue weighted by molar-refractivity contribution is -0.142. The Labute approximate surface area is 198 Å². The van der Waals surface area contributed by atoms with E-state index >= 15 is 0 Å². The van der Waals surface area contributed by atoms with Crippen LogP contribution in [0.2, 0.25) is 0 Å². The normalized spacial score (nSPS) is 22.8. The number of aliphatic hydroxyl groups excluding tert-OH is 1. The number of methoxy groups -OCH3 is 2. The van der Waals surface area contributed by atoms with E-state index in [-0.39, 0.29) is 49.6 Å². The summed E-state index contributed by atoms with van der Waals surface area (Å²) in [5.41, 5.74) is 2.55. The molecular weight excluding hydrogens is 440 g/mol. The molecule has 2 aromatic carbocycles. The van der Waals surface area contributed by atoms with Crippen molar-refractivity contribution in [2.24, 2.45) is 0 Å². The number of fused-ring (bicyclic) bond motifs is 3. The van der Waals surface area contributed by atoms with Crippen LogP contribution in [0.5, 0.6) is 11.5 Å². The second-order valence-electron chi connectivity index (χ2n) is 8.47. The quantitative estimate of drug-likeness (QED) is 0.513. The van der Waals surface area contributed by atoms with Gasteiger partial charge in [0, 0.05) is 30.8 Å². The molecule has 34 heavy (non-hydrogen) atoms. The van der Waals surface area contributed by atoms with Gasteiger partial charge >= 0.3 is 0 Å².